The highest BCUT2D eigenvalue weighted by molar-refractivity contribution is 8.00. The van der Waals surface area contributed by atoms with Crippen LogP contribution in [0, 0.1) is 0 Å². The van der Waals surface area contributed by atoms with Gasteiger partial charge < -0.3 is 10.1 Å². The van der Waals surface area contributed by atoms with E-state index >= 15 is 0 Å². The number of rotatable bonds is 4. The summed E-state index contributed by atoms with van der Waals surface area (Å²) in [6, 6.07) is 0. The summed E-state index contributed by atoms with van der Waals surface area (Å²) < 4.78 is 5.43. The zero-order chi connectivity index (χ0) is 10.5. The molecular formula is C11H19NO2S. The largest absolute Gasteiger partial charge is 0.378 e. The van der Waals surface area contributed by atoms with Crippen LogP contribution >= 0.6 is 11.8 Å². The van der Waals surface area contributed by atoms with E-state index in [-0.39, 0.29) is 12.0 Å². The van der Waals surface area contributed by atoms with Gasteiger partial charge in [-0.1, -0.05) is 0 Å². The highest BCUT2D eigenvalue weighted by Gasteiger charge is 2.20. The number of thioether (sulfide) groups is 1. The Morgan fingerprint density at radius 3 is 3.00 bits per heavy atom. The van der Waals surface area contributed by atoms with E-state index in [1.807, 2.05) is 11.8 Å². The topological polar surface area (TPSA) is 38.3 Å². The van der Waals surface area contributed by atoms with Crippen LogP contribution in [0.4, 0.5) is 0 Å². The predicted octanol–water partition coefficient (Wildman–Crippen LogP) is 1.57. The first kappa shape index (κ1) is 11.3. The second kappa shape index (κ2) is 5.75. The van der Waals surface area contributed by atoms with E-state index in [1.54, 1.807) is 0 Å². The van der Waals surface area contributed by atoms with Crippen molar-refractivity contribution in [3.63, 3.8) is 0 Å². The highest BCUT2D eigenvalue weighted by atomic mass is 32.2. The molecule has 0 aromatic rings. The van der Waals surface area contributed by atoms with Crippen molar-refractivity contribution in [2.45, 2.75) is 43.5 Å². The summed E-state index contributed by atoms with van der Waals surface area (Å²) in [6.07, 6.45) is 5.45. The zero-order valence-electron chi connectivity index (χ0n) is 9.04. The molecular weight excluding hydrogens is 210 g/mol. The average Bonchev–Trinajstić information content (AvgIpc) is 2.86. The Balaban J connectivity index is 1.59. The van der Waals surface area contributed by atoms with Crippen molar-refractivity contribution in [2.24, 2.45) is 0 Å². The third kappa shape index (κ3) is 3.68. The van der Waals surface area contributed by atoms with Crippen molar-refractivity contribution in [2.75, 3.05) is 18.9 Å². The van der Waals surface area contributed by atoms with Crippen molar-refractivity contribution >= 4 is 17.7 Å². The summed E-state index contributed by atoms with van der Waals surface area (Å²) in [6.45, 7) is 1.67. The molecule has 0 spiro atoms. The first-order valence-corrected chi connectivity index (χ1v) is 6.89. The van der Waals surface area contributed by atoms with Gasteiger partial charge in [0.2, 0.25) is 5.91 Å². The van der Waals surface area contributed by atoms with E-state index in [4.69, 9.17) is 4.74 Å². The van der Waals surface area contributed by atoms with Gasteiger partial charge in [-0.3, -0.25) is 4.79 Å². The van der Waals surface area contributed by atoms with Crippen molar-refractivity contribution in [3.8, 4) is 0 Å². The van der Waals surface area contributed by atoms with Crippen molar-refractivity contribution in [1.29, 1.82) is 0 Å². The SMILES string of the molecule is O=C(CC1CCCO1)NCC1CCCS1. The van der Waals surface area contributed by atoms with Gasteiger partial charge in [-0.2, -0.15) is 11.8 Å². The van der Waals surface area contributed by atoms with Crippen molar-refractivity contribution in [3.05, 3.63) is 0 Å². The third-order valence-corrected chi connectivity index (χ3v) is 4.39. The minimum atomic E-state index is 0.161. The van der Waals surface area contributed by atoms with Gasteiger partial charge in [0.15, 0.2) is 0 Å². The molecule has 0 bridgehead atoms. The second-order valence-electron chi connectivity index (χ2n) is 4.28. The minimum Gasteiger partial charge on any atom is -0.378 e. The Labute approximate surface area is 95.3 Å². The highest BCUT2D eigenvalue weighted by Crippen LogP contribution is 2.25. The maximum Gasteiger partial charge on any atom is 0.222 e. The molecule has 0 saturated carbocycles. The molecule has 4 heteroatoms. The number of amides is 1. The Morgan fingerprint density at radius 1 is 1.40 bits per heavy atom. The summed E-state index contributed by atoms with van der Waals surface area (Å²) in [7, 11) is 0. The van der Waals surface area contributed by atoms with Crippen LogP contribution in [0.1, 0.15) is 32.1 Å². The van der Waals surface area contributed by atoms with Crippen molar-refractivity contribution < 1.29 is 9.53 Å². The van der Waals surface area contributed by atoms with Crippen LogP contribution in [0.25, 0.3) is 0 Å². The van der Waals surface area contributed by atoms with Crippen LogP contribution in [-0.2, 0) is 9.53 Å². The lowest BCUT2D eigenvalue weighted by molar-refractivity contribution is -0.123. The van der Waals surface area contributed by atoms with E-state index in [1.165, 1.54) is 18.6 Å². The van der Waals surface area contributed by atoms with Gasteiger partial charge in [0, 0.05) is 18.4 Å². The van der Waals surface area contributed by atoms with Crippen LogP contribution in [-0.4, -0.2) is 36.2 Å². The number of hydrogen-bond acceptors (Lipinski definition) is 3. The molecule has 2 heterocycles. The lowest BCUT2D eigenvalue weighted by atomic mass is 10.2. The molecule has 0 aromatic heterocycles. The van der Waals surface area contributed by atoms with Gasteiger partial charge in [-0.05, 0) is 31.4 Å². The molecule has 15 heavy (non-hydrogen) atoms. The van der Waals surface area contributed by atoms with Gasteiger partial charge in [0.05, 0.1) is 12.5 Å². The predicted molar refractivity (Wildman–Crippen MR) is 62.1 cm³/mol. The molecule has 2 atom stereocenters. The number of nitrogens with one attached hydrogen (secondary N) is 1. The maximum absolute atomic E-state index is 11.6. The molecule has 86 valence electrons. The number of hydrogen-bond donors (Lipinski definition) is 1. The van der Waals surface area contributed by atoms with Gasteiger partial charge >= 0.3 is 0 Å². The van der Waals surface area contributed by atoms with E-state index < -0.39 is 0 Å². The van der Waals surface area contributed by atoms with Gasteiger partial charge in [0.1, 0.15) is 0 Å². The quantitative estimate of drug-likeness (QED) is 0.795. The number of ether oxygens (including phenoxy) is 1. The minimum absolute atomic E-state index is 0.161. The summed E-state index contributed by atoms with van der Waals surface area (Å²) in [5, 5.41) is 3.66. The van der Waals surface area contributed by atoms with Gasteiger partial charge in [-0.15, -0.1) is 0 Å². The molecule has 2 fully saturated rings. The molecule has 1 N–H and O–H groups in total. The second-order valence-corrected chi connectivity index (χ2v) is 5.69. The molecule has 2 aliphatic heterocycles. The molecule has 2 aliphatic rings. The Hall–Kier alpha value is -0.220. The lowest BCUT2D eigenvalue weighted by Crippen LogP contribution is -2.32. The molecule has 0 aliphatic carbocycles. The molecule has 0 aromatic carbocycles. The first-order valence-electron chi connectivity index (χ1n) is 5.84. The summed E-state index contributed by atoms with van der Waals surface area (Å²) in [5.41, 5.74) is 0. The molecule has 1 amide bonds. The first-order chi connectivity index (χ1) is 7.34. The van der Waals surface area contributed by atoms with Crippen molar-refractivity contribution in [1.82, 2.24) is 5.32 Å². The fourth-order valence-corrected chi connectivity index (χ4v) is 3.32. The summed E-state index contributed by atoms with van der Waals surface area (Å²) in [5.74, 6) is 1.42. The Kier molecular flexibility index (Phi) is 4.32. The van der Waals surface area contributed by atoms with Gasteiger partial charge in [-0.25, -0.2) is 0 Å². The molecule has 0 radical (unpaired) electrons. The van der Waals surface area contributed by atoms with Crippen LogP contribution in [0.3, 0.4) is 0 Å². The standard InChI is InChI=1S/C11H19NO2S/c13-11(7-9-3-1-5-14-9)12-8-10-4-2-6-15-10/h9-10H,1-8H2,(H,12,13). The number of carbonyl (C=O) groups excluding carboxylic acids is 1. The maximum atomic E-state index is 11.6. The summed E-state index contributed by atoms with van der Waals surface area (Å²) >= 11 is 1.98. The lowest BCUT2D eigenvalue weighted by Gasteiger charge is -2.12. The Bertz CT molecular complexity index is 211. The fraction of sp³-hybridized carbons (Fsp3) is 0.909. The molecule has 2 saturated heterocycles. The monoisotopic (exact) mass is 229 g/mol. The van der Waals surface area contributed by atoms with Crippen LogP contribution in [0.5, 0.6) is 0 Å². The smallest absolute Gasteiger partial charge is 0.222 e. The van der Waals surface area contributed by atoms with E-state index in [0.717, 1.165) is 26.0 Å². The fourth-order valence-electron chi connectivity index (χ4n) is 2.12. The van der Waals surface area contributed by atoms with Crippen LogP contribution in [0.2, 0.25) is 0 Å². The van der Waals surface area contributed by atoms with Gasteiger partial charge in [0.25, 0.3) is 0 Å². The third-order valence-electron chi connectivity index (χ3n) is 2.99. The summed E-state index contributed by atoms with van der Waals surface area (Å²) in [4.78, 5) is 11.6. The molecule has 3 nitrogen and oxygen atoms in total. The van der Waals surface area contributed by atoms with E-state index in [0.29, 0.717) is 11.7 Å². The zero-order valence-corrected chi connectivity index (χ0v) is 9.85. The van der Waals surface area contributed by atoms with Crippen LogP contribution in [0.15, 0.2) is 0 Å². The van der Waals surface area contributed by atoms with E-state index in [9.17, 15) is 4.79 Å². The normalized spacial score (nSPS) is 30.7. The van der Waals surface area contributed by atoms with Crippen LogP contribution < -0.4 is 5.32 Å². The number of carbonyl (C=O) groups is 1. The molecule has 2 rings (SSSR count). The molecule has 2 unspecified atom stereocenters. The Morgan fingerprint density at radius 2 is 2.33 bits per heavy atom. The van der Waals surface area contributed by atoms with E-state index in [2.05, 4.69) is 5.32 Å². The average molecular weight is 229 g/mol.